The number of carbonyl (C=O) groups is 1. The van der Waals surface area contributed by atoms with Crippen molar-refractivity contribution in [1.29, 1.82) is 0 Å². The molecule has 20 heavy (non-hydrogen) atoms. The molecule has 0 aromatic heterocycles. The Morgan fingerprint density at radius 2 is 2.00 bits per heavy atom. The number of benzene rings is 1. The van der Waals surface area contributed by atoms with E-state index in [-0.39, 0.29) is 23.7 Å². The standard InChI is InChI=1S/C14H21FN2O3/c1-3-8(4-2)11(18)7-17-10-6-5-9(15)13(16)12(10)14(19)20/h5-6,8,11,17-18H,3-4,7,16H2,1-2H3,(H,19,20). The first-order valence-corrected chi connectivity index (χ1v) is 6.65. The van der Waals surface area contributed by atoms with E-state index in [0.717, 1.165) is 18.9 Å². The predicted octanol–water partition coefficient (Wildman–Crippen LogP) is 2.32. The fourth-order valence-corrected chi connectivity index (χ4v) is 2.19. The van der Waals surface area contributed by atoms with E-state index in [1.165, 1.54) is 6.07 Å². The summed E-state index contributed by atoms with van der Waals surface area (Å²) in [6.07, 6.45) is 1.06. The monoisotopic (exact) mass is 284 g/mol. The zero-order valence-electron chi connectivity index (χ0n) is 11.7. The number of aromatic carboxylic acids is 1. The number of aliphatic hydroxyl groups is 1. The van der Waals surface area contributed by atoms with Crippen LogP contribution in [0.1, 0.15) is 37.0 Å². The Hall–Kier alpha value is -1.82. The largest absolute Gasteiger partial charge is 0.478 e. The molecule has 0 fully saturated rings. The number of carboxylic acid groups (broad SMARTS) is 1. The molecule has 0 aliphatic heterocycles. The summed E-state index contributed by atoms with van der Waals surface area (Å²) in [5.74, 6) is -1.94. The number of hydrogen-bond acceptors (Lipinski definition) is 4. The number of nitrogen functional groups attached to an aromatic ring is 1. The van der Waals surface area contributed by atoms with Gasteiger partial charge >= 0.3 is 5.97 Å². The van der Waals surface area contributed by atoms with Crippen LogP contribution in [0.4, 0.5) is 15.8 Å². The van der Waals surface area contributed by atoms with Crippen molar-refractivity contribution < 1.29 is 19.4 Å². The van der Waals surface area contributed by atoms with E-state index in [9.17, 15) is 14.3 Å². The number of aliphatic hydroxyl groups excluding tert-OH is 1. The number of anilines is 2. The normalized spacial score (nSPS) is 12.4. The van der Waals surface area contributed by atoms with Crippen molar-refractivity contribution in [2.24, 2.45) is 5.92 Å². The first-order valence-electron chi connectivity index (χ1n) is 6.65. The zero-order valence-corrected chi connectivity index (χ0v) is 11.7. The average Bonchev–Trinajstić information content (AvgIpc) is 2.41. The van der Waals surface area contributed by atoms with Gasteiger partial charge in [0.25, 0.3) is 0 Å². The fraction of sp³-hybridized carbons (Fsp3) is 0.500. The smallest absolute Gasteiger partial charge is 0.340 e. The van der Waals surface area contributed by atoms with Gasteiger partial charge in [-0.3, -0.25) is 0 Å². The molecule has 1 atom stereocenters. The third kappa shape index (κ3) is 3.60. The number of halogens is 1. The van der Waals surface area contributed by atoms with Gasteiger partial charge in [0.1, 0.15) is 11.4 Å². The van der Waals surface area contributed by atoms with Crippen LogP contribution < -0.4 is 11.1 Å². The molecule has 0 bridgehead atoms. The lowest BCUT2D eigenvalue weighted by Crippen LogP contribution is -2.28. The number of carboxylic acids is 1. The number of rotatable bonds is 7. The molecule has 6 heteroatoms. The Labute approximate surface area is 117 Å². The lowest BCUT2D eigenvalue weighted by molar-refractivity contribution is 0.0698. The molecule has 0 radical (unpaired) electrons. The summed E-state index contributed by atoms with van der Waals surface area (Å²) in [7, 11) is 0. The highest BCUT2D eigenvalue weighted by Crippen LogP contribution is 2.25. The quantitative estimate of drug-likeness (QED) is 0.576. The van der Waals surface area contributed by atoms with Crippen LogP contribution in [0.15, 0.2) is 12.1 Å². The van der Waals surface area contributed by atoms with Gasteiger partial charge in [-0.25, -0.2) is 9.18 Å². The lowest BCUT2D eigenvalue weighted by Gasteiger charge is -2.21. The second-order valence-corrected chi connectivity index (χ2v) is 4.71. The van der Waals surface area contributed by atoms with Gasteiger partial charge in [0.15, 0.2) is 0 Å². The third-order valence-electron chi connectivity index (χ3n) is 3.50. The molecule has 0 spiro atoms. The lowest BCUT2D eigenvalue weighted by atomic mass is 9.96. The molecular weight excluding hydrogens is 263 g/mol. The van der Waals surface area contributed by atoms with Crippen molar-refractivity contribution in [3.63, 3.8) is 0 Å². The average molecular weight is 284 g/mol. The van der Waals surface area contributed by atoms with E-state index in [1.807, 2.05) is 13.8 Å². The fourth-order valence-electron chi connectivity index (χ4n) is 2.19. The van der Waals surface area contributed by atoms with Gasteiger partial charge in [-0.05, 0) is 18.1 Å². The highest BCUT2D eigenvalue weighted by Gasteiger charge is 2.20. The van der Waals surface area contributed by atoms with Gasteiger partial charge in [0, 0.05) is 6.54 Å². The van der Waals surface area contributed by atoms with Crippen LogP contribution >= 0.6 is 0 Å². The Kier molecular flexibility index (Phi) is 5.76. The molecule has 0 heterocycles. The molecule has 1 aromatic carbocycles. The number of hydrogen-bond donors (Lipinski definition) is 4. The van der Waals surface area contributed by atoms with E-state index < -0.39 is 23.6 Å². The Morgan fingerprint density at radius 3 is 2.50 bits per heavy atom. The van der Waals surface area contributed by atoms with Crippen LogP contribution in [0.2, 0.25) is 0 Å². The van der Waals surface area contributed by atoms with E-state index in [4.69, 9.17) is 10.8 Å². The van der Waals surface area contributed by atoms with E-state index in [1.54, 1.807) is 0 Å². The zero-order chi connectivity index (χ0) is 15.3. The van der Waals surface area contributed by atoms with Gasteiger partial charge in [-0.15, -0.1) is 0 Å². The summed E-state index contributed by atoms with van der Waals surface area (Å²) < 4.78 is 13.3. The second kappa shape index (κ2) is 7.09. The van der Waals surface area contributed by atoms with Crippen LogP contribution in [-0.4, -0.2) is 28.8 Å². The minimum atomic E-state index is -1.30. The van der Waals surface area contributed by atoms with E-state index in [0.29, 0.717) is 0 Å². The summed E-state index contributed by atoms with van der Waals surface area (Å²) in [5, 5.41) is 21.9. The van der Waals surface area contributed by atoms with Crippen molar-refractivity contribution in [1.82, 2.24) is 0 Å². The van der Waals surface area contributed by atoms with Gasteiger partial charge in [-0.1, -0.05) is 26.7 Å². The maximum Gasteiger partial charge on any atom is 0.340 e. The maximum atomic E-state index is 13.3. The van der Waals surface area contributed by atoms with Crippen LogP contribution in [0.5, 0.6) is 0 Å². The first kappa shape index (κ1) is 16.2. The molecule has 1 unspecified atom stereocenters. The van der Waals surface area contributed by atoms with Crippen LogP contribution in [0.25, 0.3) is 0 Å². The highest BCUT2D eigenvalue weighted by molar-refractivity contribution is 6.00. The summed E-state index contributed by atoms with van der Waals surface area (Å²) in [6, 6.07) is 2.42. The third-order valence-corrected chi connectivity index (χ3v) is 3.50. The summed E-state index contributed by atoms with van der Waals surface area (Å²) in [6.45, 7) is 4.16. The molecule has 0 saturated carbocycles. The molecule has 0 aliphatic carbocycles. The Morgan fingerprint density at radius 1 is 1.40 bits per heavy atom. The number of nitrogens with two attached hydrogens (primary N) is 1. The second-order valence-electron chi connectivity index (χ2n) is 4.71. The minimum absolute atomic E-state index is 0.133. The van der Waals surface area contributed by atoms with Crippen molar-refractivity contribution in [3.8, 4) is 0 Å². The van der Waals surface area contributed by atoms with Crippen molar-refractivity contribution in [2.45, 2.75) is 32.8 Å². The van der Waals surface area contributed by atoms with Gasteiger partial charge < -0.3 is 21.3 Å². The topological polar surface area (TPSA) is 95.6 Å². The molecule has 112 valence electrons. The highest BCUT2D eigenvalue weighted by atomic mass is 19.1. The number of nitrogens with one attached hydrogen (secondary N) is 1. The SMILES string of the molecule is CCC(CC)C(O)CNc1ccc(F)c(N)c1C(=O)O. The molecule has 5 N–H and O–H groups in total. The van der Waals surface area contributed by atoms with Gasteiger partial charge in [-0.2, -0.15) is 0 Å². The maximum absolute atomic E-state index is 13.3. The molecule has 0 aliphatic rings. The first-order chi connectivity index (χ1) is 9.42. The van der Waals surface area contributed by atoms with Gasteiger partial charge in [0.2, 0.25) is 0 Å². The van der Waals surface area contributed by atoms with E-state index in [2.05, 4.69) is 5.32 Å². The van der Waals surface area contributed by atoms with Crippen LogP contribution in [0.3, 0.4) is 0 Å². The molecule has 0 saturated heterocycles. The molecule has 5 nitrogen and oxygen atoms in total. The summed E-state index contributed by atoms with van der Waals surface area (Å²) in [5.41, 5.74) is 4.95. The predicted molar refractivity (Wildman–Crippen MR) is 76.3 cm³/mol. The van der Waals surface area contributed by atoms with Crippen molar-refractivity contribution in [3.05, 3.63) is 23.5 Å². The van der Waals surface area contributed by atoms with E-state index >= 15 is 0 Å². The molecule has 0 amide bonds. The Bertz CT molecular complexity index is 476. The van der Waals surface area contributed by atoms with Crippen LogP contribution in [-0.2, 0) is 0 Å². The molecule has 1 aromatic rings. The summed E-state index contributed by atoms with van der Waals surface area (Å²) >= 11 is 0. The molecular formula is C14H21FN2O3. The van der Waals surface area contributed by atoms with Crippen LogP contribution in [0, 0.1) is 11.7 Å². The minimum Gasteiger partial charge on any atom is -0.478 e. The summed E-state index contributed by atoms with van der Waals surface area (Å²) in [4.78, 5) is 11.1. The molecule has 1 rings (SSSR count). The Balaban J connectivity index is 2.88. The van der Waals surface area contributed by atoms with Crippen molar-refractivity contribution >= 4 is 17.3 Å². The van der Waals surface area contributed by atoms with Crippen molar-refractivity contribution in [2.75, 3.05) is 17.6 Å². The van der Waals surface area contributed by atoms with Gasteiger partial charge in [0.05, 0.1) is 17.5 Å².